The Balaban J connectivity index is 1.94. The molecule has 0 saturated heterocycles. The number of aliphatic hydroxyl groups excluding tert-OH is 2. The Morgan fingerprint density at radius 2 is 1.38 bits per heavy atom. The van der Waals surface area contributed by atoms with Crippen LogP contribution in [-0.2, 0) is 32.1 Å². The van der Waals surface area contributed by atoms with Crippen molar-refractivity contribution in [2.75, 3.05) is 7.11 Å². The quantitative estimate of drug-likeness (QED) is 0.437. The molecule has 0 saturated carbocycles. The van der Waals surface area contributed by atoms with Gasteiger partial charge in [0.1, 0.15) is 6.04 Å². The van der Waals surface area contributed by atoms with E-state index in [1.165, 1.54) is 7.11 Å². The summed E-state index contributed by atoms with van der Waals surface area (Å²) < 4.78 is 4.68. The summed E-state index contributed by atoms with van der Waals surface area (Å²) in [6.45, 7) is 0.129. The molecule has 2 aromatic carbocycles. The zero-order valence-electron chi connectivity index (χ0n) is 15.9. The van der Waals surface area contributed by atoms with Crippen molar-refractivity contribution in [3.05, 3.63) is 71.8 Å². The smallest absolute Gasteiger partial charge is 0.328 e. The Labute approximate surface area is 168 Å². The fraction of sp³-hybridized carbons (Fsp3) is 0.286. The summed E-state index contributed by atoms with van der Waals surface area (Å²) in [5, 5.41) is 24.8. The van der Waals surface area contributed by atoms with E-state index in [4.69, 9.17) is 0 Å². The standard InChI is InChI=1S/C21H24N2O6/c1-29-21(28)16(12-14-8-4-2-5-9-14)23-20(27)18(25)17(24)19(26)22-13-15-10-6-3-7-11-15/h2-11,16-18,24-25H,12-13H2,1H3,(H,22,26)(H,23,27)/t16-,17+,18+/m0/s1. The van der Waals surface area contributed by atoms with E-state index < -0.39 is 36.0 Å². The fourth-order valence-electron chi connectivity index (χ4n) is 2.62. The van der Waals surface area contributed by atoms with Crippen molar-refractivity contribution in [1.29, 1.82) is 0 Å². The van der Waals surface area contributed by atoms with Crippen molar-refractivity contribution in [3.63, 3.8) is 0 Å². The van der Waals surface area contributed by atoms with E-state index >= 15 is 0 Å². The molecule has 8 heteroatoms. The largest absolute Gasteiger partial charge is 0.467 e. The molecule has 2 aromatic rings. The Hall–Kier alpha value is -3.23. The Morgan fingerprint density at radius 1 is 0.862 bits per heavy atom. The van der Waals surface area contributed by atoms with Crippen LogP contribution in [0, 0.1) is 0 Å². The Bertz CT molecular complexity index is 812. The molecule has 3 atom stereocenters. The molecule has 0 aliphatic carbocycles. The molecule has 0 aliphatic rings. The molecule has 0 spiro atoms. The van der Waals surface area contributed by atoms with Gasteiger partial charge in [0.15, 0.2) is 12.2 Å². The zero-order valence-corrected chi connectivity index (χ0v) is 15.9. The Morgan fingerprint density at radius 3 is 1.93 bits per heavy atom. The lowest BCUT2D eigenvalue weighted by molar-refractivity contribution is -0.150. The van der Waals surface area contributed by atoms with E-state index in [1.807, 2.05) is 12.1 Å². The van der Waals surface area contributed by atoms with Crippen LogP contribution in [0.15, 0.2) is 60.7 Å². The maximum Gasteiger partial charge on any atom is 0.328 e. The number of benzene rings is 2. The van der Waals surface area contributed by atoms with Crippen molar-refractivity contribution < 1.29 is 29.3 Å². The molecule has 0 heterocycles. The predicted molar refractivity (Wildman–Crippen MR) is 104 cm³/mol. The van der Waals surface area contributed by atoms with Gasteiger partial charge >= 0.3 is 5.97 Å². The molecule has 8 nitrogen and oxygen atoms in total. The highest BCUT2D eigenvalue weighted by Gasteiger charge is 2.33. The van der Waals surface area contributed by atoms with Crippen molar-refractivity contribution in [3.8, 4) is 0 Å². The van der Waals surface area contributed by atoms with E-state index in [9.17, 15) is 24.6 Å². The van der Waals surface area contributed by atoms with Gasteiger partial charge < -0.3 is 25.6 Å². The van der Waals surface area contributed by atoms with Gasteiger partial charge in [0, 0.05) is 13.0 Å². The highest BCUT2D eigenvalue weighted by Crippen LogP contribution is 2.06. The van der Waals surface area contributed by atoms with Crippen molar-refractivity contribution >= 4 is 17.8 Å². The molecule has 0 unspecified atom stereocenters. The average molecular weight is 400 g/mol. The molecule has 0 aliphatic heterocycles. The average Bonchev–Trinajstić information content (AvgIpc) is 2.76. The molecule has 2 amide bonds. The van der Waals surface area contributed by atoms with Crippen molar-refractivity contribution in [2.24, 2.45) is 0 Å². The van der Waals surface area contributed by atoms with E-state index in [0.29, 0.717) is 0 Å². The highest BCUT2D eigenvalue weighted by molar-refractivity contribution is 5.92. The molecule has 29 heavy (non-hydrogen) atoms. The summed E-state index contributed by atoms with van der Waals surface area (Å²) in [5.74, 6) is -2.68. The van der Waals surface area contributed by atoms with Crippen LogP contribution in [0.4, 0.5) is 0 Å². The molecule has 4 N–H and O–H groups in total. The first-order chi connectivity index (χ1) is 13.9. The SMILES string of the molecule is COC(=O)[C@H](Cc1ccccc1)NC(=O)[C@H](O)[C@@H](O)C(=O)NCc1ccccc1. The minimum absolute atomic E-state index is 0.127. The van der Waals surface area contributed by atoms with Crippen LogP contribution in [-0.4, -0.2) is 53.4 Å². The topological polar surface area (TPSA) is 125 Å². The van der Waals surface area contributed by atoms with Gasteiger partial charge in [-0.2, -0.15) is 0 Å². The van der Waals surface area contributed by atoms with E-state index in [0.717, 1.165) is 11.1 Å². The summed E-state index contributed by atoms with van der Waals surface area (Å²) in [7, 11) is 1.18. The molecule has 0 bridgehead atoms. The first-order valence-corrected chi connectivity index (χ1v) is 9.02. The van der Waals surface area contributed by atoms with Crippen molar-refractivity contribution in [1.82, 2.24) is 10.6 Å². The van der Waals surface area contributed by atoms with Gasteiger partial charge in [-0.05, 0) is 11.1 Å². The summed E-state index contributed by atoms with van der Waals surface area (Å²) in [6.07, 6.45) is -3.91. The van der Waals surface area contributed by atoms with Crippen LogP contribution in [0.3, 0.4) is 0 Å². The number of aliphatic hydroxyl groups is 2. The van der Waals surface area contributed by atoms with Gasteiger partial charge in [-0.25, -0.2) is 4.79 Å². The molecule has 2 rings (SSSR count). The lowest BCUT2D eigenvalue weighted by atomic mass is 10.0. The summed E-state index contributed by atoms with van der Waals surface area (Å²) in [4.78, 5) is 36.3. The van der Waals surface area contributed by atoms with Crippen LogP contribution < -0.4 is 10.6 Å². The second-order valence-corrected chi connectivity index (χ2v) is 6.37. The van der Waals surface area contributed by atoms with Gasteiger partial charge in [0.05, 0.1) is 7.11 Å². The highest BCUT2D eigenvalue weighted by atomic mass is 16.5. The number of methoxy groups -OCH3 is 1. The first kappa shape index (κ1) is 22.1. The number of amides is 2. The lowest BCUT2D eigenvalue weighted by Gasteiger charge is -2.21. The fourth-order valence-corrected chi connectivity index (χ4v) is 2.62. The van der Waals surface area contributed by atoms with Gasteiger partial charge in [-0.15, -0.1) is 0 Å². The van der Waals surface area contributed by atoms with Crippen LogP contribution in [0.5, 0.6) is 0 Å². The normalized spacial score (nSPS) is 13.6. The first-order valence-electron chi connectivity index (χ1n) is 9.02. The van der Waals surface area contributed by atoms with Gasteiger partial charge in [-0.3, -0.25) is 9.59 Å². The van der Waals surface area contributed by atoms with Gasteiger partial charge in [-0.1, -0.05) is 60.7 Å². The van der Waals surface area contributed by atoms with Crippen LogP contribution in [0.2, 0.25) is 0 Å². The number of nitrogens with one attached hydrogen (secondary N) is 2. The summed E-state index contributed by atoms with van der Waals surface area (Å²) in [5.41, 5.74) is 1.56. The van der Waals surface area contributed by atoms with Crippen LogP contribution in [0.1, 0.15) is 11.1 Å². The number of rotatable bonds is 9. The zero-order chi connectivity index (χ0) is 21.2. The van der Waals surface area contributed by atoms with Gasteiger partial charge in [0.2, 0.25) is 0 Å². The number of hydrogen-bond donors (Lipinski definition) is 4. The predicted octanol–water partition coefficient (Wildman–Crippen LogP) is -0.0749. The number of esters is 1. The molecule has 0 fully saturated rings. The van der Waals surface area contributed by atoms with Crippen LogP contribution >= 0.6 is 0 Å². The molecular formula is C21H24N2O6. The van der Waals surface area contributed by atoms with E-state index in [-0.39, 0.29) is 13.0 Å². The molecular weight excluding hydrogens is 376 g/mol. The molecule has 0 radical (unpaired) electrons. The second kappa shape index (κ2) is 10.9. The summed E-state index contributed by atoms with van der Waals surface area (Å²) in [6, 6.07) is 16.8. The summed E-state index contributed by atoms with van der Waals surface area (Å²) >= 11 is 0. The monoisotopic (exact) mass is 400 g/mol. The Kier molecular flexibility index (Phi) is 8.32. The number of carbonyl (C=O) groups excluding carboxylic acids is 3. The lowest BCUT2D eigenvalue weighted by Crippen LogP contribution is -2.53. The second-order valence-electron chi connectivity index (χ2n) is 6.37. The maximum atomic E-state index is 12.3. The third-order valence-electron chi connectivity index (χ3n) is 4.23. The maximum absolute atomic E-state index is 12.3. The number of hydrogen-bond acceptors (Lipinski definition) is 6. The third kappa shape index (κ3) is 6.70. The van der Waals surface area contributed by atoms with Crippen LogP contribution in [0.25, 0.3) is 0 Å². The van der Waals surface area contributed by atoms with Crippen molar-refractivity contribution in [2.45, 2.75) is 31.2 Å². The molecule has 0 aromatic heterocycles. The number of ether oxygens (including phenoxy) is 1. The minimum Gasteiger partial charge on any atom is -0.467 e. The minimum atomic E-state index is -2.05. The van der Waals surface area contributed by atoms with E-state index in [2.05, 4.69) is 15.4 Å². The van der Waals surface area contributed by atoms with Gasteiger partial charge in [0.25, 0.3) is 11.8 Å². The molecule has 154 valence electrons. The number of carbonyl (C=O) groups is 3. The van der Waals surface area contributed by atoms with E-state index in [1.54, 1.807) is 48.5 Å². The third-order valence-corrected chi connectivity index (χ3v) is 4.23.